The molecule has 2 aliphatic rings. The Balaban J connectivity index is 0.000000677. The monoisotopic (exact) mass is 376 g/mol. The molecule has 0 atom stereocenters. The minimum atomic E-state index is 0.569. The van der Waals surface area contributed by atoms with E-state index < -0.39 is 0 Å². The summed E-state index contributed by atoms with van der Waals surface area (Å²) in [6.07, 6.45) is 13.4. The Morgan fingerprint density at radius 2 is 1.00 bits per heavy atom. The molecule has 0 N–H and O–H groups in total. The van der Waals surface area contributed by atoms with Gasteiger partial charge in [-0.25, -0.2) is 0 Å². The molecular weight excluding hydrogens is 350 g/mol. The van der Waals surface area contributed by atoms with E-state index in [4.69, 9.17) is 30.4 Å². The second-order valence-electron chi connectivity index (χ2n) is 6.06. The summed E-state index contributed by atoms with van der Waals surface area (Å²) in [6, 6.07) is 1.16. The summed E-state index contributed by atoms with van der Waals surface area (Å²) in [7, 11) is 9.40. The zero-order chi connectivity index (χ0) is 15.5. The van der Waals surface area contributed by atoms with E-state index in [0.29, 0.717) is 24.7 Å². The molecule has 2 rings (SSSR count). The molecule has 0 aromatic carbocycles. The zero-order valence-electron chi connectivity index (χ0n) is 13.2. The van der Waals surface area contributed by atoms with Crippen LogP contribution in [0.2, 0.25) is 0 Å². The number of hydrogen-bond acceptors (Lipinski definition) is 2. The van der Waals surface area contributed by atoms with Gasteiger partial charge in [-0.15, -0.1) is 0 Å². The van der Waals surface area contributed by atoms with E-state index in [-0.39, 0.29) is 0 Å². The molecule has 2 aliphatic carbocycles. The van der Waals surface area contributed by atoms with Crippen molar-refractivity contribution in [3.8, 4) is 0 Å². The fourth-order valence-corrected chi connectivity index (χ4v) is 3.15. The predicted molar refractivity (Wildman–Crippen MR) is 91.7 cm³/mol. The van der Waals surface area contributed by atoms with Crippen LogP contribution in [-0.4, -0.2) is 23.5 Å². The molecular formula is C16H28Cl2N2Ni. The number of nitrogens with zero attached hydrogens (tertiary/aromatic N) is 2. The molecule has 0 aliphatic heterocycles. The molecule has 0 radical (unpaired) electrons. The van der Waals surface area contributed by atoms with E-state index >= 15 is 0 Å². The standard InChI is InChI=1S/C16H28N2.2ClH.Ni/c1-13(17-15-9-5-3-6-10-15)14(2)18-16-11-7-4-8-12-16;;;/h15-16H,3-12H2,1-2H3;2*1H;/q;;;+2/p-2. The van der Waals surface area contributed by atoms with Crippen LogP contribution in [0.15, 0.2) is 9.98 Å². The second-order valence-corrected chi connectivity index (χ2v) is 7.69. The predicted octanol–water partition coefficient (Wildman–Crippen LogP) is 5.95. The van der Waals surface area contributed by atoms with Gasteiger partial charge < -0.3 is 0 Å². The summed E-state index contributed by atoms with van der Waals surface area (Å²) < 4.78 is 0. The Morgan fingerprint density at radius 3 is 1.29 bits per heavy atom. The van der Waals surface area contributed by atoms with Gasteiger partial charge in [0.15, 0.2) is 0 Å². The van der Waals surface area contributed by atoms with Crippen molar-refractivity contribution in [2.24, 2.45) is 9.98 Å². The van der Waals surface area contributed by atoms with Crippen molar-refractivity contribution < 1.29 is 12.7 Å². The minimum absolute atomic E-state index is 0.569. The molecule has 126 valence electrons. The maximum atomic E-state index is 4.89. The Hall–Kier alpha value is 0.414. The van der Waals surface area contributed by atoms with E-state index in [1.165, 1.54) is 75.6 Å². The van der Waals surface area contributed by atoms with Crippen molar-refractivity contribution in [1.29, 1.82) is 0 Å². The van der Waals surface area contributed by atoms with Crippen molar-refractivity contribution in [2.75, 3.05) is 0 Å². The molecule has 2 fully saturated rings. The summed E-state index contributed by atoms with van der Waals surface area (Å²) in [4.78, 5) is 9.77. The second kappa shape index (κ2) is 11.9. The Morgan fingerprint density at radius 1 is 0.714 bits per heavy atom. The average Bonchev–Trinajstić information content (AvgIpc) is 2.50. The molecule has 0 aromatic heterocycles. The van der Waals surface area contributed by atoms with Crippen LogP contribution in [0, 0.1) is 0 Å². The number of rotatable bonds is 3. The molecule has 2 saturated carbocycles. The van der Waals surface area contributed by atoms with E-state index in [1.807, 2.05) is 0 Å². The molecule has 5 heteroatoms. The van der Waals surface area contributed by atoms with E-state index in [2.05, 4.69) is 13.8 Å². The fraction of sp³-hybridized carbons (Fsp3) is 0.875. The van der Waals surface area contributed by atoms with Crippen LogP contribution in [0.25, 0.3) is 0 Å². The first kappa shape index (κ1) is 19.5. The maximum absolute atomic E-state index is 4.89. The molecule has 0 saturated heterocycles. The quantitative estimate of drug-likeness (QED) is 0.428. The van der Waals surface area contributed by atoms with Gasteiger partial charge in [-0.2, -0.15) is 0 Å². The molecule has 0 spiro atoms. The average molecular weight is 378 g/mol. The molecule has 21 heavy (non-hydrogen) atoms. The van der Waals surface area contributed by atoms with Crippen molar-refractivity contribution in [2.45, 2.75) is 90.1 Å². The van der Waals surface area contributed by atoms with Crippen LogP contribution in [0.3, 0.4) is 0 Å². The molecule has 0 unspecified atom stereocenters. The van der Waals surface area contributed by atoms with Gasteiger partial charge >= 0.3 is 33.0 Å². The van der Waals surface area contributed by atoms with Crippen molar-refractivity contribution in [1.82, 2.24) is 0 Å². The third kappa shape index (κ3) is 8.57. The Labute approximate surface area is 144 Å². The van der Waals surface area contributed by atoms with E-state index in [0.717, 1.165) is 0 Å². The van der Waals surface area contributed by atoms with Gasteiger partial charge in [-0.1, -0.05) is 38.5 Å². The Kier molecular flexibility index (Phi) is 11.0. The van der Waals surface area contributed by atoms with Crippen molar-refractivity contribution in [3.05, 3.63) is 0 Å². The van der Waals surface area contributed by atoms with Gasteiger partial charge in [0.1, 0.15) is 0 Å². The van der Waals surface area contributed by atoms with E-state index in [1.54, 1.807) is 0 Å². The van der Waals surface area contributed by atoms with Gasteiger partial charge in [0.05, 0.1) is 23.5 Å². The Bertz CT molecular complexity index is 301. The summed E-state index contributed by atoms with van der Waals surface area (Å²) in [6.45, 7) is 4.30. The number of aliphatic imine (C=N–C) groups is 2. The van der Waals surface area contributed by atoms with Gasteiger partial charge in [-0.05, 0) is 39.5 Å². The van der Waals surface area contributed by atoms with Crippen LogP contribution in [0.1, 0.15) is 78.1 Å². The van der Waals surface area contributed by atoms with Gasteiger partial charge in [0.25, 0.3) is 0 Å². The summed E-state index contributed by atoms with van der Waals surface area (Å²) in [5.41, 5.74) is 2.37. The van der Waals surface area contributed by atoms with E-state index in [9.17, 15) is 0 Å². The topological polar surface area (TPSA) is 24.7 Å². The SMILES string of the molecule is CC(=NC1CCCCC1)C(C)=NC1CCCCC1.[Cl][Ni][Cl]. The first-order valence-electron chi connectivity index (χ1n) is 8.09. The summed E-state index contributed by atoms with van der Waals surface area (Å²) >= 11 is 0.569. The number of hydrogen-bond donors (Lipinski definition) is 0. The van der Waals surface area contributed by atoms with Gasteiger partial charge in [0, 0.05) is 0 Å². The van der Waals surface area contributed by atoms with Crippen LogP contribution < -0.4 is 0 Å². The third-order valence-electron chi connectivity index (χ3n) is 4.43. The summed E-state index contributed by atoms with van der Waals surface area (Å²) in [5, 5.41) is 0. The van der Waals surface area contributed by atoms with Crippen LogP contribution in [-0.2, 0) is 12.7 Å². The van der Waals surface area contributed by atoms with Crippen molar-refractivity contribution in [3.63, 3.8) is 0 Å². The van der Waals surface area contributed by atoms with Gasteiger partial charge in [-0.3, -0.25) is 9.98 Å². The first-order valence-corrected chi connectivity index (χ1v) is 10.8. The summed E-state index contributed by atoms with van der Waals surface area (Å²) in [5.74, 6) is 0. The first-order chi connectivity index (χ1) is 10.2. The van der Waals surface area contributed by atoms with Gasteiger partial charge in [0.2, 0.25) is 0 Å². The fourth-order valence-electron chi connectivity index (χ4n) is 3.15. The van der Waals surface area contributed by atoms with Crippen LogP contribution in [0.5, 0.6) is 0 Å². The molecule has 0 amide bonds. The molecule has 0 heterocycles. The van der Waals surface area contributed by atoms with Crippen molar-refractivity contribution >= 4 is 31.8 Å². The third-order valence-corrected chi connectivity index (χ3v) is 4.43. The number of halogens is 2. The van der Waals surface area contributed by atoms with Crippen LogP contribution in [0.4, 0.5) is 0 Å². The van der Waals surface area contributed by atoms with Crippen LogP contribution >= 0.6 is 20.4 Å². The molecule has 0 bridgehead atoms. The zero-order valence-corrected chi connectivity index (χ0v) is 15.7. The molecule has 0 aromatic rings. The molecule has 2 nitrogen and oxygen atoms in total. The normalized spacial score (nSPS) is 22.9.